The third-order valence-corrected chi connectivity index (χ3v) is 5.08. The Labute approximate surface area is 156 Å². The molecule has 2 aromatic rings. The first-order valence-electron chi connectivity index (χ1n) is 8.75. The maximum absolute atomic E-state index is 13.1. The summed E-state index contributed by atoms with van der Waals surface area (Å²) in [4.78, 5) is 15.1. The highest BCUT2D eigenvalue weighted by Gasteiger charge is 2.34. The summed E-state index contributed by atoms with van der Waals surface area (Å²) in [5, 5.41) is 0. The predicted octanol–water partition coefficient (Wildman–Crippen LogP) is 4.42. The second-order valence-electron chi connectivity index (χ2n) is 6.83. The lowest BCUT2D eigenvalue weighted by molar-refractivity contribution is -0.136. The van der Waals surface area contributed by atoms with Crippen molar-refractivity contribution in [1.29, 1.82) is 0 Å². The molecule has 3 rings (SSSR count). The van der Waals surface area contributed by atoms with E-state index in [1.54, 1.807) is 0 Å². The summed E-state index contributed by atoms with van der Waals surface area (Å²) in [7, 11) is 0. The second-order valence-corrected chi connectivity index (χ2v) is 6.83. The van der Waals surface area contributed by atoms with Gasteiger partial charge in [-0.3, -0.25) is 4.79 Å². The van der Waals surface area contributed by atoms with Gasteiger partial charge in [0.1, 0.15) is 0 Å². The molecule has 134 valence electrons. The van der Waals surface area contributed by atoms with Crippen molar-refractivity contribution in [1.82, 2.24) is 4.90 Å². The molecule has 4 heteroatoms. The Hall–Kier alpha value is -1.84. The standard InChI is InChI=1S/C21H26N2O.ClH/c1-15-8-6-11-18(14-15)19-12-7-13-23(19)21(24)16(2)20(22)17-9-4-3-5-10-17;/h3-6,8-11,14,16,19-20H,7,12-13,22H2,1-2H3;1H. The minimum atomic E-state index is -0.266. The third-order valence-electron chi connectivity index (χ3n) is 5.08. The molecule has 0 spiro atoms. The number of nitrogens with zero attached hydrogens (tertiary/aromatic N) is 1. The van der Waals surface area contributed by atoms with E-state index in [1.807, 2.05) is 42.2 Å². The maximum Gasteiger partial charge on any atom is 0.227 e. The summed E-state index contributed by atoms with van der Waals surface area (Å²) < 4.78 is 0. The van der Waals surface area contributed by atoms with Crippen molar-refractivity contribution in [2.75, 3.05) is 6.54 Å². The third kappa shape index (κ3) is 4.23. The van der Waals surface area contributed by atoms with Crippen LogP contribution >= 0.6 is 12.4 Å². The first-order chi connectivity index (χ1) is 11.6. The Morgan fingerprint density at radius 3 is 2.56 bits per heavy atom. The molecule has 0 saturated carbocycles. The fraction of sp³-hybridized carbons (Fsp3) is 0.381. The number of nitrogens with two attached hydrogens (primary N) is 1. The molecule has 2 N–H and O–H groups in total. The van der Waals surface area contributed by atoms with Crippen LogP contribution in [0.2, 0.25) is 0 Å². The van der Waals surface area contributed by atoms with E-state index >= 15 is 0 Å². The molecule has 1 fully saturated rings. The van der Waals surface area contributed by atoms with Crippen LogP contribution in [0.1, 0.15) is 48.5 Å². The number of amides is 1. The summed E-state index contributed by atoms with van der Waals surface area (Å²) >= 11 is 0. The molecule has 1 heterocycles. The van der Waals surface area contributed by atoms with E-state index in [1.165, 1.54) is 11.1 Å². The Morgan fingerprint density at radius 2 is 1.88 bits per heavy atom. The minimum absolute atomic E-state index is 0. The molecule has 3 atom stereocenters. The average molecular weight is 359 g/mol. The number of hydrogen-bond acceptors (Lipinski definition) is 2. The van der Waals surface area contributed by atoms with E-state index < -0.39 is 0 Å². The van der Waals surface area contributed by atoms with Gasteiger partial charge in [-0.05, 0) is 30.9 Å². The molecule has 25 heavy (non-hydrogen) atoms. The van der Waals surface area contributed by atoms with Crippen molar-refractivity contribution >= 4 is 18.3 Å². The lowest BCUT2D eigenvalue weighted by Gasteiger charge is -2.30. The van der Waals surface area contributed by atoms with Gasteiger partial charge in [-0.25, -0.2) is 0 Å². The Balaban J connectivity index is 0.00000225. The van der Waals surface area contributed by atoms with Crippen LogP contribution < -0.4 is 5.73 Å². The van der Waals surface area contributed by atoms with Crippen LogP contribution in [0.3, 0.4) is 0 Å². The molecular formula is C21H27ClN2O. The predicted molar refractivity (Wildman–Crippen MR) is 105 cm³/mol. The van der Waals surface area contributed by atoms with Crippen LogP contribution in [0.25, 0.3) is 0 Å². The number of carbonyl (C=O) groups is 1. The van der Waals surface area contributed by atoms with Crippen LogP contribution in [-0.2, 0) is 4.79 Å². The number of hydrogen-bond donors (Lipinski definition) is 1. The molecule has 0 aromatic heterocycles. The zero-order valence-electron chi connectivity index (χ0n) is 14.9. The van der Waals surface area contributed by atoms with Gasteiger partial charge >= 0.3 is 0 Å². The molecule has 2 aromatic carbocycles. The summed E-state index contributed by atoms with van der Waals surface area (Å²) in [6.45, 7) is 4.87. The molecule has 1 aliphatic rings. The molecule has 0 bridgehead atoms. The van der Waals surface area contributed by atoms with Crippen molar-refractivity contribution in [3.63, 3.8) is 0 Å². The fourth-order valence-electron chi connectivity index (χ4n) is 3.63. The van der Waals surface area contributed by atoms with Crippen molar-refractivity contribution < 1.29 is 4.79 Å². The average Bonchev–Trinajstić information content (AvgIpc) is 3.10. The highest BCUT2D eigenvalue weighted by molar-refractivity contribution is 5.85. The number of likely N-dealkylation sites (tertiary alicyclic amines) is 1. The highest BCUT2D eigenvalue weighted by Crippen LogP contribution is 2.34. The van der Waals surface area contributed by atoms with Gasteiger partial charge in [0.2, 0.25) is 5.91 Å². The van der Waals surface area contributed by atoms with Crippen molar-refractivity contribution in [3.05, 3.63) is 71.3 Å². The van der Waals surface area contributed by atoms with Gasteiger partial charge in [-0.15, -0.1) is 12.4 Å². The van der Waals surface area contributed by atoms with Crippen molar-refractivity contribution in [3.8, 4) is 0 Å². The number of benzene rings is 2. The van der Waals surface area contributed by atoms with Gasteiger partial charge in [0, 0.05) is 12.6 Å². The summed E-state index contributed by atoms with van der Waals surface area (Å²) in [6, 6.07) is 18.3. The normalized spacial score (nSPS) is 19.2. The van der Waals surface area contributed by atoms with Crippen LogP contribution in [0, 0.1) is 12.8 Å². The number of carbonyl (C=O) groups excluding carboxylic acids is 1. The summed E-state index contributed by atoms with van der Waals surface area (Å²) in [5.41, 5.74) is 9.86. The van der Waals surface area contributed by atoms with Crippen LogP contribution in [0.15, 0.2) is 54.6 Å². The van der Waals surface area contributed by atoms with E-state index in [-0.39, 0.29) is 36.3 Å². The van der Waals surface area contributed by atoms with Gasteiger partial charge in [-0.2, -0.15) is 0 Å². The van der Waals surface area contributed by atoms with E-state index in [0.29, 0.717) is 0 Å². The van der Waals surface area contributed by atoms with Gasteiger partial charge in [-0.1, -0.05) is 67.1 Å². The molecule has 1 saturated heterocycles. The first kappa shape index (κ1) is 19.5. The topological polar surface area (TPSA) is 46.3 Å². The van der Waals surface area contributed by atoms with E-state index in [2.05, 4.69) is 31.2 Å². The fourth-order valence-corrected chi connectivity index (χ4v) is 3.63. The van der Waals surface area contributed by atoms with Crippen LogP contribution in [0.5, 0.6) is 0 Å². The molecule has 1 aliphatic heterocycles. The van der Waals surface area contributed by atoms with E-state index in [0.717, 1.165) is 24.9 Å². The van der Waals surface area contributed by atoms with Gasteiger partial charge in [0.25, 0.3) is 0 Å². The Kier molecular flexibility index (Phi) is 6.63. The Bertz CT molecular complexity index is 704. The molecule has 0 radical (unpaired) electrons. The smallest absolute Gasteiger partial charge is 0.227 e. The highest BCUT2D eigenvalue weighted by atomic mass is 35.5. The lowest BCUT2D eigenvalue weighted by atomic mass is 9.93. The molecule has 3 unspecified atom stereocenters. The minimum Gasteiger partial charge on any atom is -0.335 e. The van der Waals surface area contributed by atoms with E-state index in [9.17, 15) is 4.79 Å². The molecule has 1 amide bonds. The van der Waals surface area contributed by atoms with Crippen LogP contribution in [0.4, 0.5) is 0 Å². The van der Waals surface area contributed by atoms with Gasteiger partial charge in [0.05, 0.1) is 12.0 Å². The Morgan fingerprint density at radius 1 is 1.16 bits per heavy atom. The first-order valence-corrected chi connectivity index (χ1v) is 8.75. The second kappa shape index (κ2) is 8.50. The van der Waals surface area contributed by atoms with Crippen molar-refractivity contribution in [2.45, 2.75) is 38.8 Å². The van der Waals surface area contributed by atoms with Crippen LogP contribution in [-0.4, -0.2) is 17.4 Å². The maximum atomic E-state index is 13.1. The zero-order chi connectivity index (χ0) is 17.1. The SMILES string of the molecule is Cc1cccc(C2CCCN2C(=O)C(C)C(N)c2ccccc2)c1.Cl. The van der Waals surface area contributed by atoms with Gasteiger partial charge in [0.15, 0.2) is 0 Å². The van der Waals surface area contributed by atoms with E-state index in [4.69, 9.17) is 5.73 Å². The summed E-state index contributed by atoms with van der Waals surface area (Å²) in [5.74, 6) is -0.0619. The molecule has 0 aliphatic carbocycles. The zero-order valence-corrected chi connectivity index (χ0v) is 15.7. The lowest BCUT2D eigenvalue weighted by Crippen LogP contribution is -2.39. The molecular weight excluding hydrogens is 332 g/mol. The molecule has 3 nitrogen and oxygen atoms in total. The van der Waals surface area contributed by atoms with Crippen molar-refractivity contribution in [2.24, 2.45) is 11.7 Å². The quantitative estimate of drug-likeness (QED) is 0.879. The number of halogens is 1. The largest absolute Gasteiger partial charge is 0.335 e. The summed E-state index contributed by atoms with van der Waals surface area (Å²) in [6.07, 6.45) is 2.08. The van der Waals surface area contributed by atoms with Gasteiger partial charge < -0.3 is 10.6 Å². The monoisotopic (exact) mass is 358 g/mol. The number of aryl methyl sites for hydroxylation is 1. The number of rotatable bonds is 4.